The zero-order chi connectivity index (χ0) is 11.2. The molecular formula is C16H24. The molecule has 88 valence electrons. The number of hydrogen-bond acceptors (Lipinski definition) is 0. The molecule has 0 bridgehead atoms. The lowest BCUT2D eigenvalue weighted by atomic mass is 9.56. The molecule has 0 saturated heterocycles. The van der Waals surface area contributed by atoms with Gasteiger partial charge in [-0.1, -0.05) is 43.6 Å². The van der Waals surface area contributed by atoms with Crippen LogP contribution in [0.4, 0.5) is 0 Å². The lowest BCUT2D eigenvalue weighted by Gasteiger charge is -2.49. The molecule has 16 heavy (non-hydrogen) atoms. The minimum Gasteiger partial charge on any atom is -0.0841 e. The summed E-state index contributed by atoms with van der Waals surface area (Å²) in [4.78, 5) is 0. The molecule has 0 spiro atoms. The smallest absolute Gasteiger partial charge is 0.0133 e. The highest BCUT2D eigenvalue weighted by molar-refractivity contribution is 5.30. The lowest BCUT2D eigenvalue weighted by molar-refractivity contribution is 0.0757. The monoisotopic (exact) mass is 216 g/mol. The third-order valence-corrected chi connectivity index (χ3v) is 5.35. The first kappa shape index (κ1) is 10.6. The van der Waals surface area contributed by atoms with E-state index in [9.17, 15) is 0 Å². The second-order valence-electron chi connectivity index (χ2n) is 6.64. The summed E-state index contributed by atoms with van der Waals surface area (Å²) in [6.07, 6.45) is 14.6. The first-order valence-corrected chi connectivity index (χ1v) is 7.04. The summed E-state index contributed by atoms with van der Waals surface area (Å²) in [5.41, 5.74) is 4.26. The molecule has 0 aromatic heterocycles. The first-order chi connectivity index (χ1) is 7.68. The predicted octanol–water partition coefficient (Wildman–Crippen LogP) is 4.87. The van der Waals surface area contributed by atoms with Crippen LogP contribution in [-0.4, -0.2) is 0 Å². The van der Waals surface area contributed by atoms with Crippen LogP contribution in [0.15, 0.2) is 23.3 Å². The van der Waals surface area contributed by atoms with Gasteiger partial charge in [0.1, 0.15) is 0 Å². The Morgan fingerprint density at radius 1 is 1.12 bits per heavy atom. The Morgan fingerprint density at radius 2 is 1.94 bits per heavy atom. The fraction of sp³-hybridized carbons (Fsp3) is 0.750. The fourth-order valence-corrected chi connectivity index (χ4v) is 4.44. The molecule has 2 unspecified atom stereocenters. The minimum absolute atomic E-state index is 0.600. The summed E-state index contributed by atoms with van der Waals surface area (Å²) >= 11 is 0. The number of allylic oxidation sites excluding steroid dienone is 4. The van der Waals surface area contributed by atoms with Crippen molar-refractivity contribution in [3.63, 3.8) is 0 Å². The highest BCUT2D eigenvalue weighted by Crippen LogP contribution is 2.53. The Balaban J connectivity index is 1.92. The molecule has 0 nitrogen and oxygen atoms in total. The maximum absolute atomic E-state index is 2.51. The van der Waals surface area contributed by atoms with Crippen LogP contribution < -0.4 is 0 Å². The molecule has 0 radical (unpaired) electrons. The molecule has 0 N–H and O–H groups in total. The van der Waals surface area contributed by atoms with E-state index >= 15 is 0 Å². The van der Waals surface area contributed by atoms with E-state index in [2.05, 4.69) is 26.0 Å². The Hall–Kier alpha value is -0.520. The summed E-state index contributed by atoms with van der Waals surface area (Å²) in [5.74, 6) is 1.92. The molecule has 0 heterocycles. The second kappa shape index (κ2) is 3.75. The maximum atomic E-state index is 2.51. The van der Waals surface area contributed by atoms with Crippen LogP contribution >= 0.6 is 0 Å². The van der Waals surface area contributed by atoms with Gasteiger partial charge in [-0.2, -0.15) is 0 Å². The molecule has 0 aromatic carbocycles. The van der Waals surface area contributed by atoms with E-state index in [0.29, 0.717) is 5.41 Å². The molecule has 1 saturated carbocycles. The molecule has 3 rings (SSSR count). The average Bonchev–Trinajstić information content (AvgIpc) is 2.28. The van der Waals surface area contributed by atoms with Crippen molar-refractivity contribution in [2.75, 3.05) is 0 Å². The summed E-state index contributed by atoms with van der Waals surface area (Å²) in [6.45, 7) is 5.02. The summed E-state index contributed by atoms with van der Waals surface area (Å²) < 4.78 is 0. The van der Waals surface area contributed by atoms with Gasteiger partial charge in [-0.25, -0.2) is 0 Å². The Morgan fingerprint density at radius 3 is 2.81 bits per heavy atom. The van der Waals surface area contributed by atoms with Crippen molar-refractivity contribution < 1.29 is 0 Å². The van der Waals surface area contributed by atoms with E-state index in [1.807, 2.05) is 5.57 Å². The van der Waals surface area contributed by atoms with E-state index in [1.54, 1.807) is 5.57 Å². The number of fused-ring (bicyclic) bond motifs is 2. The predicted molar refractivity (Wildman–Crippen MR) is 69.2 cm³/mol. The van der Waals surface area contributed by atoms with Gasteiger partial charge in [-0.15, -0.1) is 0 Å². The summed E-state index contributed by atoms with van der Waals surface area (Å²) in [6, 6.07) is 0. The molecular weight excluding hydrogens is 192 g/mol. The van der Waals surface area contributed by atoms with Crippen LogP contribution in [0.1, 0.15) is 58.8 Å². The lowest BCUT2D eigenvalue weighted by Crippen LogP contribution is -2.38. The topological polar surface area (TPSA) is 0 Å². The zero-order valence-electron chi connectivity index (χ0n) is 10.8. The van der Waals surface area contributed by atoms with Crippen LogP contribution in [0.3, 0.4) is 0 Å². The molecule has 0 heteroatoms. The second-order valence-corrected chi connectivity index (χ2v) is 6.64. The van der Waals surface area contributed by atoms with Crippen LogP contribution in [0.5, 0.6) is 0 Å². The Bertz CT molecular complexity index is 343. The van der Waals surface area contributed by atoms with Gasteiger partial charge in [-0.3, -0.25) is 0 Å². The molecule has 0 aromatic rings. The standard InChI is InChI=1S/C16H24/c1-16(2)11-5-8-14-13-7-4-3-6-12(13)9-10-15(14)16/h3-4,14-15H,5-11H2,1-2H3. The SMILES string of the molecule is CC1(C)CCCC2C3=C(CC=CC3)CCC21. The fourth-order valence-electron chi connectivity index (χ4n) is 4.44. The third-order valence-electron chi connectivity index (χ3n) is 5.35. The summed E-state index contributed by atoms with van der Waals surface area (Å²) in [7, 11) is 0. The van der Waals surface area contributed by atoms with Crippen LogP contribution in [0.25, 0.3) is 0 Å². The van der Waals surface area contributed by atoms with E-state index in [0.717, 1.165) is 11.8 Å². The van der Waals surface area contributed by atoms with Crippen molar-refractivity contribution in [3.05, 3.63) is 23.3 Å². The van der Waals surface area contributed by atoms with Crippen molar-refractivity contribution in [3.8, 4) is 0 Å². The van der Waals surface area contributed by atoms with Gasteiger partial charge >= 0.3 is 0 Å². The normalized spacial score (nSPS) is 36.9. The van der Waals surface area contributed by atoms with Crippen molar-refractivity contribution in [2.45, 2.75) is 58.8 Å². The molecule has 0 aliphatic heterocycles. The maximum Gasteiger partial charge on any atom is -0.0133 e. The zero-order valence-corrected chi connectivity index (χ0v) is 10.8. The van der Waals surface area contributed by atoms with Crippen molar-refractivity contribution in [2.24, 2.45) is 17.3 Å². The molecule has 3 aliphatic carbocycles. The molecule has 3 aliphatic rings. The van der Waals surface area contributed by atoms with Crippen LogP contribution in [0, 0.1) is 17.3 Å². The molecule has 1 fully saturated rings. The Kier molecular flexibility index (Phi) is 2.49. The highest BCUT2D eigenvalue weighted by Gasteiger charge is 2.42. The van der Waals surface area contributed by atoms with Gasteiger partial charge in [0.05, 0.1) is 0 Å². The van der Waals surface area contributed by atoms with Gasteiger partial charge < -0.3 is 0 Å². The molecule has 0 amide bonds. The Labute approximate surface area is 99.8 Å². The van der Waals surface area contributed by atoms with Crippen LogP contribution in [-0.2, 0) is 0 Å². The quantitative estimate of drug-likeness (QED) is 0.507. The van der Waals surface area contributed by atoms with E-state index in [1.165, 1.54) is 44.9 Å². The van der Waals surface area contributed by atoms with Crippen molar-refractivity contribution in [1.82, 2.24) is 0 Å². The van der Waals surface area contributed by atoms with Gasteiger partial charge in [0, 0.05) is 0 Å². The van der Waals surface area contributed by atoms with Crippen molar-refractivity contribution >= 4 is 0 Å². The first-order valence-electron chi connectivity index (χ1n) is 7.04. The van der Waals surface area contributed by atoms with Gasteiger partial charge in [0.25, 0.3) is 0 Å². The highest BCUT2D eigenvalue weighted by atomic mass is 14.5. The molecule has 2 atom stereocenters. The largest absolute Gasteiger partial charge is 0.0841 e. The minimum atomic E-state index is 0.600. The van der Waals surface area contributed by atoms with Gasteiger partial charge in [-0.05, 0) is 55.8 Å². The van der Waals surface area contributed by atoms with Gasteiger partial charge in [0.15, 0.2) is 0 Å². The number of rotatable bonds is 0. The number of hydrogen-bond donors (Lipinski definition) is 0. The van der Waals surface area contributed by atoms with Gasteiger partial charge in [0.2, 0.25) is 0 Å². The van der Waals surface area contributed by atoms with Crippen LogP contribution in [0.2, 0.25) is 0 Å². The van der Waals surface area contributed by atoms with E-state index in [-0.39, 0.29) is 0 Å². The van der Waals surface area contributed by atoms with Crippen molar-refractivity contribution in [1.29, 1.82) is 0 Å². The van der Waals surface area contributed by atoms with E-state index < -0.39 is 0 Å². The average molecular weight is 216 g/mol. The third kappa shape index (κ3) is 1.58. The van der Waals surface area contributed by atoms with E-state index in [4.69, 9.17) is 0 Å². The summed E-state index contributed by atoms with van der Waals surface area (Å²) in [5, 5.41) is 0.